The fourth-order valence-corrected chi connectivity index (χ4v) is 12.8. The summed E-state index contributed by atoms with van der Waals surface area (Å²) in [6.45, 7) is 29.3. The van der Waals surface area contributed by atoms with Gasteiger partial charge in [0, 0.05) is 0 Å². The molecular formula is C48H57Zr. The predicted molar refractivity (Wildman–Crippen MR) is 211 cm³/mol. The predicted octanol–water partition coefficient (Wildman–Crippen LogP) is 13.4. The van der Waals surface area contributed by atoms with E-state index in [2.05, 4.69) is 174 Å². The summed E-state index contributed by atoms with van der Waals surface area (Å²) in [6, 6.07) is 27.9. The molecule has 4 aromatic carbocycles. The van der Waals surface area contributed by atoms with Crippen LogP contribution in [0.25, 0.3) is 16.7 Å². The third-order valence-corrected chi connectivity index (χ3v) is 14.9. The van der Waals surface area contributed by atoms with E-state index in [9.17, 15) is 0 Å². The van der Waals surface area contributed by atoms with Crippen LogP contribution in [0, 0.1) is 0 Å². The van der Waals surface area contributed by atoms with Gasteiger partial charge in [0.25, 0.3) is 0 Å². The maximum absolute atomic E-state index is 2.67. The first-order chi connectivity index (χ1) is 23.1. The molecule has 1 atom stereocenters. The molecule has 0 N–H and O–H groups in total. The Morgan fingerprint density at radius 2 is 1.22 bits per heavy atom. The molecule has 0 heterocycles. The molecule has 2 aliphatic rings. The summed E-state index contributed by atoms with van der Waals surface area (Å²) in [7, 11) is 0. The van der Waals surface area contributed by atoms with Gasteiger partial charge in [0.05, 0.1) is 0 Å². The van der Waals surface area contributed by atoms with Crippen LogP contribution in [0.1, 0.15) is 167 Å². The van der Waals surface area contributed by atoms with E-state index in [0.29, 0.717) is 21.4 Å². The fraction of sp³-hybridized carbons (Fsp3) is 0.396. The Labute approximate surface area is 309 Å². The molecule has 0 aliphatic heterocycles. The van der Waals surface area contributed by atoms with Gasteiger partial charge in [0.15, 0.2) is 0 Å². The van der Waals surface area contributed by atoms with Crippen molar-refractivity contribution in [3.8, 4) is 11.1 Å². The first-order valence-corrected chi connectivity index (χ1v) is 21.3. The molecular weight excluding hydrogens is 668 g/mol. The zero-order chi connectivity index (χ0) is 35.4. The van der Waals surface area contributed by atoms with E-state index < -0.39 is 22.8 Å². The molecule has 4 aromatic rings. The van der Waals surface area contributed by atoms with E-state index in [0.717, 1.165) is 6.42 Å². The van der Waals surface area contributed by atoms with Crippen LogP contribution in [0.15, 0.2) is 91.0 Å². The van der Waals surface area contributed by atoms with Crippen molar-refractivity contribution in [2.45, 2.75) is 122 Å². The Morgan fingerprint density at radius 3 is 1.67 bits per heavy atom. The number of hydrogen-bond donors (Lipinski definition) is 0. The van der Waals surface area contributed by atoms with E-state index in [-0.39, 0.29) is 10.8 Å². The van der Waals surface area contributed by atoms with Crippen molar-refractivity contribution in [2.24, 2.45) is 0 Å². The molecule has 0 amide bonds. The van der Waals surface area contributed by atoms with Crippen LogP contribution in [0.4, 0.5) is 0 Å². The van der Waals surface area contributed by atoms with Gasteiger partial charge in [0.1, 0.15) is 0 Å². The molecule has 253 valence electrons. The number of rotatable bonds is 7. The van der Waals surface area contributed by atoms with Crippen LogP contribution in [0.2, 0.25) is 0 Å². The van der Waals surface area contributed by atoms with Crippen LogP contribution in [0.3, 0.4) is 0 Å². The summed E-state index contributed by atoms with van der Waals surface area (Å²) in [5.41, 5.74) is 20.2. The van der Waals surface area contributed by atoms with Gasteiger partial charge in [-0.3, -0.25) is 0 Å². The van der Waals surface area contributed by atoms with E-state index in [1.165, 1.54) is 27.8 Å². The van der Waals surface area contributed by atoms with Crippen molar-refractivity contribution in [1.82, 2.24) is 0 Å². The molecule has 0 bridgehead atoms. The Balaban J connectivity index is 1.89. The van der Waals surface area contributed by atoms with Gasteiger partial charge < -0.3 is 0 Å². The quantitative estimate of drug-likeness (QED) is 0.178. The van der Waals surface area contributed by atoms with Crippen molar-refractivity contribution in [3.05, 3.63) is 147 Å². The maximum atomic E-state index is 2.67. The molecule has 1 unspecified atom stereocenters. The van der Waals surface area contributed by atoms with Crippen LogP contribution in [-0.4, -0.2) is 3.21 Å². The number of fused-ring (bicyclic) bond motifs is 3. The molecule has 0 nitrogen and oxygen atoms in total. The average Bonchev–Trinajstić information content (AvgIpc) is 3.69. The monoisotopic (exact) mass is 723 g/mol. The third kappa shape index (κ3) is 6.67. The van der Waals surface area contributed by atoms with Crippen LogP contribution in [-0.2, 0) is 33.6 Å². The Morgan fingerprint density at radius 1 is 0.653 bits per heavy atom. The zero-order valence-corrected chi connectivity index (χ0v) is 34.6. The van der Waals surface area contributed by atoms with Crippen LogP contribution >= 0.6 is 0 Å². The number of benzene rings is 4. The topological polar surface area (TPSA) is 0 Å². The zero-order valence-electron chi connectivity index (χ0n) is 32.2. The van der Waals surface area contributed by atoms with Gasteiger partial charge in [-0.2, -0.15) is 0 Å². The van der Waals surface area contributed by atoms with E-state index in [1.807, 2.05) is 0 Å². The second-order valence-electron chi connectivity index (χ2n) is 17.4. The standard InChI is InChI=1S/C35H47.C13H10.Zr/c1-20(2)26-19-25(34(7,8)9)17-24-18-27-31(23-15-13-14-16-23)33(35(10,11)12)29(22(5)6)28(21(3)4)32(27)30(24)26;1-3-7-12(8-4-1)11-13-9-5-2-6-10-13;/h13-15,17-22H,16H2,1-12H3;1-10H;. The van der Waals surface area contributed by atoms with Crippen molar-refractivity contribution in [1.29, 1.82) is 0 Å². The van der Waals surface area contributed by atoms with Crippen LogP contribution < -0.4 is 0 Å². The Hall–Kier alpha value is -2.89. The number of hydrogen-bond acceptors (Lipinski definition) is 0. The SMILES string of the molecule is CC(C)c1cc(C(C)(C)C)cc2c1-c1c(C(C)C)c(C(C)C)c(C(C)(C)C)c(C3=CC=CC3)c1[CH]2[Zr]=[C](c1ccccc1)c1ccccc1. The Bertz CT molecular complexity index is 1910. The molecule has 2 aliphatic carbocycles. The van der Waals surface area contributed by atoms with Gasteiger partial charge in [-0.1, -0.05) is 0 Å². The summed E-state index contributed by atoms with van der Waals surface area (Å²) in [5.74, 6) is 1.28. The molecule has 0 radical (unpaired) electrons. The molecule has 0 saturated carbocycles. The summed E-state index contributed by atoms with van der Waals surface area (Å²) in [6.07, 6.45) is 8.14. The van der Waals surface area contributed by atoms with Gasteiger partial charge in [-0.15, -0.1) is 0 Å². The second-order valence-corrected chi connectivity index (χ2v) is 20.7. The van der Waals surface area contributed by atoms with Gasteiger partial charge in [0.2, 0.25) is 0 Å². The minimum atomic E-state index is -1.34. The van der Waals surface area contributed by atoms with E-state index in [1.54, 1.807) is 47.7 Å². The Kier molecular flexibility index (Phi) is 10.0. The van der Waals surface area contributed by atoms with Gasteiger partial charge in [-0.25, -0.2) is 0 Å². The molecule has 1 heteroatoms. The van der Waals surface area contributed by atoms with Crippen LogP contribution in [0.5, 0.6) is 0 Å². The van der Waals surface area contributed by atoms with Gasteiger partial charge in [-0.05, 0) is 0 Å². The van der Waals surface area contributed by atoms with Crippen molar-refractivity contribution in [3.63, 3.8) is 0 Å². The van der Waals surface area contributed by atoms with E-state index >= 15 is 0 Å². The normalized spacial score (nSPS) is 15.6. The molecule has 0 saturated heterocycles. The molecule has 6 rings (SSSR count). The summed E-state index contributed by atoms with van der Waals surface area (Å²) in [4.78, 5) is 0. The first kappa shape index (κ1) is 35.9. The van der Waals surface area contributed by atoms with Crippen molar-refractivity contribution in [2.75, 3.05) is 0 Å². The summed E-state index contributed by atoms with van der Waals surface area (Å²) < 4.78 is 2.00. The van der Waals surface area contributed by atoms with Gasteiger partial charge >= 0.3 is 311 Å². The fourth-order valence-electron chi connectivity index (χ4n) is 8.40. The second kappa shape index (κ2) is 13.7. The number of allylic oxidation sites excluding steroid dienone is 4. The summed E-state index contributed by atoms with van der Waals surface area (Å²) in [5, 5.41) is 0. The molecule has 0 aromatic heterocycles. The van der Waals surface area contributed by atoms with E-state index in [4.69, 9.17) is 0 Å². The molecule has 0 fully saturated rings. The summed E-state index contributed by atoms with van der Waals surface area (Å²) >= 11 is -1.34. The molecule has 49 heavy (non-hydrogen) atoms. The minimum absolute atomic E-state index is 0.00422. The van der Waals surface area contributed by atoms with Crippen molar-refractivity contribution >= 4 is 8.78 Å². The molecule has 0 spiro atoms. The third-order valence-electron chi connectivity index (χ3n) is 10.6. The van der Waals surface area contributed by atoms with Crippen molar-refractivity contribution < 1.29 is 22.8 Å². The first-order valence-electron chi connectivity index (χ1n) is 18.6. The average molecular weight is 725 g/mol.